The molecule has 0 saturated carbocycles. The third-order valence-electron chi connectivity index (χ3n) is 5.87. The quantitative estimate of drug-likeness (QED) is 0.275. The van der Waals surface area contributed by atoms with Crippen LogP contribution in [0.1, 0.15) is 18.3 Å². The third kappa shape index (κ3) is 5.61. The van der Waals surface area contributed by atoms with Crippen molar-refractivity contribution in [1.29, 1.82) is 0 Å². The van der Waals surface area contributed by atoms with Crippen molar-refractivity contribution in [3.63, 3.8) is 0 Å². The van der Waals surface area contributed by atoms with Gasteiger partial charge in [-0.05, 0) is 36.8 Å². The van der Waals surface area contributed by atoms with Crippen molar-refractivity contribution in [2.24, 2.45) is 4.99 Å². The van der Waals surface area contributed by atoms with Gasteiger partial charge in [0.25, 0.3) is 0 Å². The standard InChI is InChI=1S/C24H29N7O2.HI/c1-2-25-24(26-15-23-28-27-17-31(23)20-6-4-3-5-7-20)30-12-10-29(11-13-30)16-19-8-9-21-22(14-19)33-18-32-21;/h3-9,14,17H,2,10-13,15-16,18H2,1H3,(H,25,26);1H. The zero-order chi connectivity index (χ0) is 22.5. The van der Waals surface area contributed by atoms with E-state index in [-0.39, 0.29) is 24.0 Å². The molecule has 9 nitrogen and oxygen atoms in total. The molecule has 0 radical (unpaired) electrons. The molecule has 2 aromatic carbocycles. The predicted molar refractivity (Wildman–Crippen MR) is 141 cm³/mol. The van der Waals surface area contributed by atoms with Crippen molar-refractivity contribution in [3.05, 3.63) is 66.2 Å². The molecule has 1 N–H and O–H groups in total. The van der Waals surface area contributed by atoms with Crippen LogP contribution in [-0.4, -0.2) is 70.0 Å². The average Bonchev–Trinajstić information content (AvgIpc) is 3.52. The molecule has 0 aliphatic carbocycles. The number of nitrogens with zero attached hydrogens (tertiary/aromatic N) is 6. The van der Waals surface area contributed by atoms with Crippen LogP contribution in [0.25, 0.3) is 5.69 Å². The molecular formula is C24H30IN7O2. The lowest BCUT2D eigenvalue weighted by Gasteiger charge is -2.36. The second kappa shape index (κ2) is 11.5. The molecule has 180 valence electrons. The fourth-order valence-electron chi connectivity index (χ4n) is 4.16. The van der Waals surface area contributed by atoms with E-state index in [0.717, 1.165) is 68.2 Å². The average molecular weight is 575 g/mol. The molecule has 1 aromatic heterocycles. The monoisotopic (exact) mass is 575 g/mol. The maximum Gasteiger partial charge on any atom is 0.231 e. The van der Waals surface area contributed by atoms with Crippen molar-refractivity contribution in [3.8, 4) is 17.2 Å². The normalized spacial score (nSPS) is 15.8. The van der Waals surface area contributed by atoms with E-state index in [4.69, 9.17) is 14.5 Å². The zero-order valence-electron chi connectivity index (χ0n) is 19.3. The first-order chi connectivity index (χ1) is 16.3. The Balaban J connectivity index is 0.00000274. The molecule has 0 unspecified atom stereocenters. The van der Waals surface area contributed by atoms with Crippen LogP contribution in [0, 0.1) is 0 Å². The van der Waals surface area contributed by atoms with Crippen LogP contribution >= 0.6 is 24.0 Å². The number of guanidine groups is 1. The molecule has 2 aliphatic heterocycles. The molecule has 2 aliphatic rings. The second-order valence-corrected chi connectivity index (χ2v) is 8.07. The van der Waals surface area contributed by atoms with Crippen molar-refractivity contribution >= 4 is 29.9 Å². The first-order valence-electron chi connectivity index (χ1n) is 11.4. The highest BCUT2D eigenvalue weighted by atomic mass is 127. The third-order valence-corrected chi connectivity index (χ3v) is 5.87. The molecule has 1 saturated heterocycles. The minimum atomic E-state index is 0. The summed E-state index contributed by atoms with van der Waals surface area (Å²) in [7, 11) is 0. The molecule has 0 atom stereocenters. The summed E-state index contributed by atoms with van der Waals surface area (Å²) in [6.45, 7) is 8.37. The van der Waals surface area contributed by atoms with Crippen LogP contribution in [0.3, 0.4) is 0 Å². The van der Waals surface area contributed by atoms with E-state index in [0.29, 0.717) is 13.3 Å². The summed E-state index contributed by atoms with van der Waals surface area (Å²) in [5.41, 5.74) is 2.28. The van der Waals surface area contributed by atoms with Gasteiger partial charge < -0.3 is 19.7 Å². The lowest BCUT2D eigenvalue weighted by Crippen LogP contribution is -2.52. The summed E-state index contributed by atoms with van der Waals surface area (Å²) in [5, 5.41) is 11.8. The molecule has 34 heavy (non-hydrogen) atoms. The first-order valence-corrected chi connectivity index (χ1v) is 11.4. The summed E-state index contributed by atoms with van der Waals surface area (Å²) in [5.74, 6) is 3.41. The smallest absolute Gasteiger partial charge is 0.231 e. The number of aliphatic imine (C=N–C) groups is 1. The Bertz CT molecular complexity index is 1100. The van der Waals surface area contributed by atoms with Crippen molar-refractivity contribution < 1.29 is 9.47 Å². The molecule has 3 heterocycles. The van der Waals surface area contributed by atoms with Gasteiger partial charge in [-0.1, -0.05) is 24.3 Å². The van der Waals surface area contributed by atoms with Crippen LogP contribution < -0.4 is 14.8 Å². The van der Waals surface area contributed by atoms with Crippen molar-refractivity contribution in [2.75, 3.05) is 39.5 Å². The zero-order valence-corrected chi connectivity index (χ0v) is 21.6. The van der Waals surface area contributed by atoms with E-state index in [1.807, 2.05) is 41.0 Å². The maximum absolute atomic E-state index is 5.51. The SMILES string of the molecule is CCNC(=NCc1nncn1-c1ccccc1)N1CCN(Cc2ccc3c(c2)OCO3)CC1.I. The van der Waals surface area contributed by atoms with Crippen molar-refractivity contribution in [2.45, 2.75) is 20.0 Å². The highest BCUT2D eigenvalue weighted by molar-refractivity contribution is 14.0. The number of halogens is 1. The Kier molecular flexibility index (Phi) is 8.22. The van der Waals surface area contributed by atoms with Crippen LogP contribution in [0.5, 0.6) is 11.5 Å². The molecule has 0 amide bonds. The van der Waals surface area contributed by atoms with Gasteiger partial charge >= 0.3 is 0 Å². The summed E-state index contributed by atoms with van der Waals surface area (Å²) in [6.07, 6.45) is 1.74. The van der Waals surface area contributed by atoms with Gasteiger partial charge in [0.2, 0.25) is 6.79 Å². The van der Waals surface area contributed by atoms with Gasteiger partial charge in [0.1, 0.15) is 12.9 Å². The Labute approximate surface area is 216 Å². The fraction of sp³-hybridized carbons (Fsp3) is 0.375. The summed E-state index contributed by atoms with van der Waals surface area (Å²) in [4.78, 5) is 9.66. The molecular weight excluding hydrogens is 545 g/mol. The number of hydrogen-bond donors (Lipinski definition) is 1. The van der Waals surface area contributed by atoms with E-state index in [1.54, 1.807) is 6.33 Å². The number of aromatic nitrogens is 3. The Morgan fingerprint density at radius 3 is 2.62 bits per heavy atom. The highest BCUT2D eigenvalue weighted by Crippen LogP contribution is 2.32. The first kappa shape index (κ1) is 24.3. The van der Waals surface area contributed by atoms with E-state index < -0.39 is 0 Å². The number of ether oxygens (including phenoxy) is 2. The Hall–Kier alpha value is -2.86. The fourth-order valence-corrected chi connectivity index (χ4v) is 4.16. The van der Waals surface area contributed by atoms with Crippen LogP contribution in [0.15, 0.2) is 59.9 Å². The number of piperazine rings is 1. The lowest BCUT2D eigenvalue weighted by molar-refractivity contribution is 0.171. The summed E-state index contributed by atoms with van der Waals surface area (Å²) in [6, 6.07) is 16.3. The summed E-state index contributed by atoms with van der Waals surface area (Å²) >= 11 is 0. The molecule has 5 rings (SSSR count). The van der Waals surface area contributed by atoms with Crippen LogP contribution in [-0.2, 0) is 13.1 Å². The second-order valence-electron chi connectivity index (χ2n) is 8.07. The van der Waals surface area contributed by atoms with Crippen LogP contribution in [0.4, 0.5) is 0 Å². The molecule has 0 spiro atoms. The van der Waals surface area contributed by atoms with Gasteiger partial charge in [-0.25, -0.2) is 4.99 Å². The highest BCUT2D eigenvalue weighted by Gasteiger charge is 2.21. The minimum absolute atomic E-state index is 0. The van der Waals surface area contributed by atoms with Gasteiger partial charge in [0.15, 0.2) is 23.3 Å². The number of nitrogens with one attached hydrogen (secondary N) is 1. The molecule has 3 aromatic rings. The van der Waals surface area contributed by atoms with Crippen molar-refractivity contribution in [1.82, 2.24) is 29.9 Å². The molecule has 10 heteroatoms. The number of benzene rings is 2. The predicted octanol–water partition coefficient (Wildman–Crippen LogP) is 2.90. The molecule has 0 bridgehead atoms. The topological polar surface area (TPSA) is 80.0 Å². The number of fused-ring (bicyclic) bond motifs is 1. The summed E-state index contributed by atoms with van der Waals surface area (Å²) < 4.78 is 12.9. The van der Waals surface area contributed by atoms with E-state index in [1.165, 1.54) is 5.56 Å². The van der Waals surface area contributed by atoms with Gasteiger partial charge in [0.05, 0.1) is 0 Å². The van der Waals surface area contributed by atoms with Gasteiger partial charge in [0, 0.05) is 45.0 Å². The number of hydrogen-bond acceptors (Lipinski definition) is 6. The number of rotatable bonds is 6. The van der Waals surface area contributed by atoms with Gasteiger partial charge in [-0.15, -0.1) is 34.2 Å². The number of para-hydroxylation sites is 1. The lowest BCUT2D eigenvalue weighted by atomic mass is 10.1. The largest absolute Gasteiger partial charge is 0.454 e. The van der Waals surface area contributed by atoms with E-state index in [9.17, 15) is 0 Å². The minimum Gasteiger partial charge on any atom is -0.454 e. The molecule has 1 fully saturated rings. The van der Waals surface area contributed by atoms with E-state index >= 15 is 0 Å². The van der Waals surface area contributed by atoms with E-state index in [2.05, 4.69) is 44.4 Å². The Morgan fingerprint density at radius 2 is 1.82 bits per heavy atom. The maximum atomic E-state index is 5.51. The van der Waals surface area contributed by atoms with Gasteiger partial charge in [-0.2, -0.15) is 0 Å². The van der Waals surface area contributed by atoms with Gasteiger partial charge in [-0.3, -0.25) is 9.47 Å². The Morgan fingerprint density at radius 1 is 1.03 bits per heavy atom. The van der Waals surface area contributed by atoms with Crippen LogP contribution in [0.2, 0.25) is 0 Å².